The van der Waals surface area contributed by atoms with Crippen LogP contribution in [0.4, 0.5) is 0 Å². The van der Waals surface area contributed by atoms with Crippen molar-refractivity contribution in [2.75, 3.05) is 6.54 Å². The molecule has 0 aliphatic heterocycles. The van der Waals surface area contributed by atoms with E-state index in [4.69, 9.17) is 10.8 Å². The maximum absolute atomic E-state index is 10.9. The van der Waals surface area contributed by atoms with Crippen LogP contribution in [0.5, 0.6) is 0 Å². The topological polar surface area (TPSA) is 76.2 Å². The molecule has 1 heterocycles. The van der Waals surface area contributed by atoms with Crippen LogP contribution in [0.2, 0.25) is 0 Å². The summed E-state index contributed by atoms with van der Waals surface area (Å²) < 4.78 is 0. The highest BCUT2D eigenvalue weighted by Gasteiger charge is 2.32. The highest BCUT2D eigenvalue weighted by atomic mass is 32.1. The Morgan fingerprint density at radius 3 is 2.92 bits per heavy atom. The van der Waals surface area contributed by atoms with E-state index in [0.29, 0.717) is 6.42 Å². The lowest BCUT2D eigenvalue weighted by molar-refractivity contribution is -0.147. The summed E-state index contributed by atoms with van der Waals surface area (Å²) in [6.45, 7) is 1.79. The SMILES string of the molecule is CC(CN)(Cc1cncs1)C(=O)O. The second-order valence-electron chi connectivity index (χ2n) is 3.21. The molecule has 1 aromatic heterocycles. The van der Waals surface area contributed by atoms with Gasteiger partial charge in [-0.15, -0.1) is 11.3 Å². The molecule has 0 aliphatic carbocycles. The lowest BCUT2D eigenvalue weighted by atomic mass is 9.87. The minimum atomic E-state index is -0.869. The summed E-state index contributed by atoms with van der Waals surface area (Å²) in [5, 5.41) is 8.94. The number of aromatic nitrogens is 1. The Bertz CT molecular complexity index is 286. The van der Waals surface area contributed by atoms with Gasteiger partial charge in [0.2, 0.25) is 0 Å². The fourth-order valence-corrected chi connectivity index (χ4v) is 1.73. The standard InChI is InChI=1S/C8H12N2O2S/c1-8(4-9,7(11)12)2-6-3-10-5-13-6/h3,5H,2,4,9H2,1H3,(H,11,12). The lowest BCUT2D eigenvalue weighted by Crippen LogP contribution is -2.37. The Morgan fingerprint density at radius 1 is 1.85 bits per heavy atom. The maximum Gasteiger partial charge on any atom is 0.311 e. The van der Waals surface area contributed by atoms with Gasteiger partial charge in [-0.1, -0.05) is 0 Å². The van der Waals surface area contributed by atoms with E-state index in [-0.39, 0.29) is 6.54 Å². The van der Waals surface area contributed by atoms with Crippen molar-refractivity contribution in [3.63, 3.8) is 0 Å². The molecule has 1 aromatic rings. The number of hydrogen-bond donors (Lipinski definition) is 2. The lowest BCUT2D eigenvalue weighted by Gasteiger charge is -2.21. The molecule has 72 valence electrons. The van der Waals surface area contributed by atoms with Crippen molar-refractivity contribution in [2.45, 2.75) is 13.3 Å². The predicted molar refractivity (Wildman–Crippen MR) is 50.6 cm³/mol. The molecule has 0 amide bonds. The zero-order valence-corrected chi connectivity index (χ0v) is 8.17. The molecule has 0 bridgehead atoms. The molecule has 0 aromatic carbocycles. The van der Waals surface area contributed by atoms with E-state index >= 15 is 0 Å². The molecule has 0 spiro atoms. The van der Waals surface area contributed by atoms with Crippen LogP contribution in [0.3, 0.4) is 0 Å². The highest BCUT2D eigenvalue weighted by Crippen LogP contribution is 2.23. The second-order valence-corrected chi connectivity index (χ2v) is 4.19. The fraction of sp³-hybridized carbons (Fsp3) is 0.500. The average molecular weight is 200 g/mol. The van der Waals surface area contributed by atoms with Gasteiger partial charge in [-0.2, -0.15) is 0 Å². The van der Waals surface area contributed by atoms with Crippen LogP contribution in [-0.4, -0.2) is 22.6 Å². The molecule has 1 unspecified atom stereocenters. The van der Waals surface area contributed by atoms with Crippen molar-refractivity contribution in [3.8, 4) is 0 Å². The largest absolute Gasteiger partial charge is 0.481 e. The van der Waals surface area contributed by atoms with Gasteiger partial charge < -0.3 is 10.8 Å². The van der Waals surface area contributed by atoms with E-state index in [0.717, 1.165) is 4.88 Å². The first-order chi connectivity index (χ1) is 6.08. The Balaban J connectivity index is 2.75. The molecular weight excluding hydrogens is 188 g/mol. The quantitative estimate of drug-likeness (QED) is 0.751. The number of nitrogens with two attached hydrogens (primary N) is 1. The van der Waals surface area contributed by atoms with Crippen LogP contribution in [-0.2, 0) is 11.2 Å². The van der Waals surface area contributed by atoms with Crippen molar-refractivity contribution in [2.24, 2.45) is 11.1 Å². The summed E-state index contributed by atoms with van der Waals surface area (Å²) >= 11 is 1.45. The van der Waals surface area contributed by atoms with Gasteiger partial charge >= 0.3 is 5.97 Å². The number of rotatable bonds is 4. The van der Waals surface area contributed by atoms with E-state index in [1.807, 2.05) is 0 Å². The molecule has 0 radical (unpaired) electrons. The monoisotopic (exact) mass is 200 g/mol. The number of carboxylic acids is 1. The Morgan fingerprint density at radius 2 is 2.54 bits per heavy atom. The third-order valence-corrected chi connectivity index (χ3v) is 2.79. The molecule has 1 atom stereocenters. The number of hydrogen-bond acceptors (Lipinski definition) is 4. The third-order valence-electron chi connectivity index (χ3n) is 2.01. The highest BCUT2D eigenvalue weighted by molar-refractivity contribution is 7.09. The van der Waals surface area contributed by atoms with Gasteiger partial charge in [-0.05, 0) is 6.92 Å². The van der Waals surface area contributed by atoms with Crippen LogP contribution in [0, 0.1) is 5.41 Å². The van der Waals surface area contributed by atoms with Crippen LogP contribution >= 0.6 is 11.3 Å². The normalized spacial score (nSPS) is 15.2. The molecule has 0 aliphatic rings. The number of carboxylic acid groups (broad SMARTS) is 1. The van der Waals surface area contributed by atoms with E-state index in [2.05, 4.69) is 4.98 Å². The summed E-state index contributed by atoms with van der Waals surface area (Å²) in [6, 6.07) is 0. The molecule has 0 fully saturated rings. The second kappa shape index (κ2) is 3.85. The molecule has 1 rings (SSSR count). The summed E-state index contributed by atoms with van der Waals surface area (Å²) in [7, 11) is 0. The first-order valence-corrected chi connectivity index (χ1v) is 4.77. The zero-order valence-electron chi connectivity index (χ0n) is 7.36. The number of aliphatic carboxylic acids is 1. The van der Waals surface area contributed by atoms with Crippen LogP contribution in [0.15, 0.2) is 11.7 Å². The van der Waals surface area contributed by atoms with Crippen molar-refractivity contribution in [3.05, 3.63) is 16.6 Å². The van der Waals surface area contributed by atoms with Crippen LogP contribution in [0.25, 0.3) is 0 Å². The molecule has 0 saturated heterocycles. The van der Waals surface area contributed by atoms with Gasteiger partial charge in [0.25, 0.3) is 0 Å². The summed E-state index contributed by atoms with van der Waals surface area (Å²) in [5.74, 6) is -0.858. The first kappa shape index (κ1) is 10.1. The van der Waals surface area contributed by atoms with E-state index in [1.54, 1.807) is 18.6 Å². The van der Waals surface area contributed by atoms with Crippen molar-refractivity contribution < 1.29 is 9.90 Å². The smallest absolute Gasteiger partial charge is 0.311 e. The van der Waals surface area contributed by atoms with E-state index in [9.17, 15) is 4.79 Å². The van der Waals surface area contributed by atoms with Gasteiger partial charge in [0.05, 0.1) is 10.9 Å². The van der Waals surface area contributed by atoms with E-state index in [1.165, 1.54) is 11.3 Å². The van der Waals surface area contributed by atoms with E-state index < -0.39 is 11.4 Å². The minimum Gasteiger partial charge on any atom is -0.481 e. The van der Waals surface area contributed by atoms with Gasteiger partial charge in [-0.25, -0.2) is 0 Å². The van der Waals surface area contributed by atoms with Gasteiger partial charge in [0, 0.05) is 24.0 Å². The Kier molecular flexibility index (Phi) is 3.00. The summed E-state index contributed by atoms with van der Waals surface area (Å²) in [5.41, 5.74) is 6.25. The van der Waals surface area contributed by atoms with Gasteiger partial charge in [-0.3, -0.25) is 9.78 Å². The number of carbonyl (C=O) groups is 1. The van der Waals surface area contributed by atoms with Gasteiger partial charge in [0.1, 0.15) is 0 Å². The van der Waals surface area contributed by atoms with Crippen LogP contribution < -0.4 is 5.73 Å². The summed E-state index contributed by atoms with van der Waals surface area (Å²) in [6.07, 6.45) is 2.13. The molecule has 4 nitrogen and oxygen atoms in total. The third kappa shape index (κ3) is 2.26. The number of nitrogens with zero attached hydrogens (tertiary/aromatic N) is 1. The van der Waals surface area contributed by atoms with Crippen LogP contribution in [0.1, 0.15) is 11.8 Å². The van der Waals surface area contributed by atoms with Crippen molar-refractivity contribution in [1.82, 2.24) is 4.98 Å². The predicted octanol–water partition coefficient (Wildman–Crippen LogP) is 0.735. The van der Waals surface area contributed by atoms with Gasteiger partial charge in [0.15, 0.2) is 0 Å². The van der Waals surface area contributed by atoms with Crippen molar-refractivity contribution in [1.29, 1.82) is 0 Å². The Labute approximate surface area is 80.4 Å². The molecular formula is C8H12N2O2S. The molecule has 3 N–H and O–H groups in total. The zero-order chi connectivity index (χ0) is 9.90. The fourth-order valence-electron chi connectivity index (χ4n) is 0.949. The summed E-state index contributed by atoms with van der Waals surface area (Å²) in [4.78, 5) is 15.7. The maximum atomic E-state index is 10.9. The van der Waals surface area contributed by atoms with Crippen molar-refractivity contribution >= 4 is 17.3 Å². The first-order valence-electron chi connectivity index (χ1n) is 3.89. The molecule has 5 heteroatoms. The Hall–Kier alpha value is -0.940. The minimum absolute atomic E-state index is 0.139. The number of thiazole rings is 1. The average Bonchev–Trinajstić information content (AvgIpc) is 2.56. The molecule has 0 saturated carbocycles. The molecule has 13 heavy (non-hydrogen) atoms.